The van der Waals surface area contributed by atoms with Gasteiger partial charge in [-0.05, 0) is 148 Å². The zero-order valence-corrected chi connectivity index (χ0v) is 79.0. The third kappa shape index (κ3) is 95.9. The lowest BCUT2D eigenvalue weighted by Gasteiger charge is -2.21. The van der Waals surface area contributed by atoms with Crippen LogP contribution < -0.4 is 0 Å². The Hall–Kier alpha value is -4.57. The highest BCUT2D eigenvalue weighted by molar-refractivity contribution is 7.47. The molecule has 698 valence electrons. The van der Waals surface area contributed by atoms with Gasteiger partial charge < -0.3 is 34.2 Å². The maximum atomic E-state index is 13.0. The number of esters is 3. The second-order valence-electron chi connectivity index (χ2n) is 32.8. The summed E-state index contributed by atoms with van der Waals surface area (Å²) in [5.41, 5.74) is 0. The van der Waals surface area contributed by atoms with E-state index >= 15 is 0 Å². The Morgan fingerprint density at radius 1 is 0.240 bits per heavy atom. The van der Waals surface area contributed by atoms with Crippen molar-refractivity contribution in [2.45, 2.75) is 450 Å². The van der Waals surface area contributed by atoms with E-state index in [0.717, 1.165) is 128 Å². The molecule has 0 saturated heterocycles. The van der Waals surface area contributed by atoms with E-state index in [-0.39, 0.29) is 19.3 Å². The highest BCUT2D eigenvalue weighted by Gasteiger charge is 2.30. The third-order valence-electron chi connectivity index (χ3n) is 21.0. The first-order valence-electron chi connectivity index (χ1n) is 49.1. The summed E-state index contributed by atoms with van der Waals surface area (Å²) >= 11 is 0. The Balaban J connectivity index is 4.45. The maximum Gasteiger partial charge on any atom is 0.472 e. The normalized spacial score (nSPS) is 14.3. The predicted octanol–water partition coefficient (Wildman–Crippen LogP) is 30.7. The molecule has 0 aromatic carbocycles. The minimum atomic E-state index is -4.95. The number of phosphoric ester groups is 2. The van der Waals surface area contributed by atoms with Gasteiger partial charge in [0.1, 0.15) is 25.4 Å². The molecule has 16 nitrogen and oxygen atoms in total. The van der Waals surface area contributed by atoms with Crippen LogP contribution in [0, 0.1) is 0 Å². The van der Waals surface area contributed by atoms with Gasteiger partial charge in [0, 0.05) is 19.3 Å². The van der Waals surface area contributed by atoms with Crippen molar-refractivity contribution in [3.8, 4) is 0 Å². The lowest BCUT2D eigenvalue weighted by molar-refractivity contribution is -0.161. The van der Waals surface area contributed by atoms with E-state index in [1.54, 1.807) is 0 Å². The molecule has 0 aromatic heterocycles. The van der Waals surface area contributed by atoms with E-state index < -0.39 is 91.5 Å². The molecule has 0 spiro atoms. The van der Waals surface area contributed by atoms with E-state index in [2.05, 4.69) is 167 Å². The quantitative estimate of drug-likeness (QED) is 0.0146. The van der Waals surface area contributed by atoms with Crippen LogP contribution in [-0.4, -0.2) is 95.9 Å². The van der Waals surface area contributed by atoms with Crippen LogP contribution in [0.1, 0.15) is 432 Å². The fourth-order valence-corrected chi connectivity index (χ4v) is 15.2. The molecule has 0 aliphatic rings. The maximum absolute atomic E-state index is 13.0. The van der Waals surface area contributed by atoms with Crippen molar-refractivity contribution in [3.63, 3.8) is 0 Å². The average molecular weight is 1740 g/mol. The van der Waals surface area contributed by atoms with Crippen molar-refractivity contribution in [1.82, 2.24) is 0 Å². The van der Waals surface area contributed by atoms with E-state index in [9.17, 15) is 43.5 Å². The zero-order valence-electron chi connectivity index (χ0n) is 77.2. The molecule has 5 unspecified atom stereocenters. The van der Waals surface area contributed by atoms with Crippen LogP contribution in [0.5, 0.6) is 0 Å². The van der Waals surface area contributed by atoms with Gasteiger partial charge in [-0.25, -0.2) is 9.13 Å². The highest BCUT2D eigenvalue weighted by Crippen LogP contribution is 2.45. The van der Waals surface area contributed by atoms with Crippen molar-refractivity contribution in [3.05, 3.63) is 146 Å². The lowest BCUT2D eigenvalue weighted by atomic mass is 10.0. The van der Waals surface area contributed by atoms with Gasteiger partial charge in [0.25, 0.3) is 0 Å². The number of ether oxygens (including phenoxy) is 3. The van der Waals surface area contributed by atoms with Gasteiger partial charge in [0.15, 0.2) is 6.10 Å². The van der Waals surface area contributed by atoms with Crippen molar-refractivity contribution in [2.75, 3.05) is 39.6 Å². The Kier molecular flexibility index (Phi) is 91.0. The molecule has 18 heteroatoms. The number of unbranched alkanes of at least 4 members (excludes halogenated alkanes) is 46. The van der Waals surface area contributed by atoms with Gasteiger partial charge in [-0.1, -0.05) is 411 Å². The van der Waals surface area contributed by atoms with Crippen molar-refractivity contribution in [1.29, 1.82) is 0 Å². The standard InChI is InChI=1S/C103H180O16P2/c1-4-7-10-13-16-19-22-25-28-31-33-35-37-39-41-43-45-47-48-50-52-53-55-57-59-61-63-66-68-71-74-77-80-83-86-89-101(106)113-92-98(104)93-115-120(109,110)116-94-99(105)95-117-121(111,112)118-97-100(119-103(108)91-88-85-82-79-76-73-70-65-30-27-24-21-18-15-12-9-6-3)96-114-102(107)90-87-84-81-78-75-72-69-67-64-62-60-58-56-54-51-49-46-44-42-40-38-36-34-32-29-26-23-20-17-14-11-8-5-2/h9,12,16-21,25-30,33-36,39-42,70,73,98-100,104-105H,4-8,10-11,13-15,22-24,31-32,37-38,43-69,71-72,74-97H2,1-3H3,(H,109,110)(H,111,112)/b12-9-,19-16-,20-17-,21-18-,28-25-,29-26-,30-27-,35-33-,36-34-,41-39-,42-40-,73-70-. The molecule has 4 N–H and O–H groups in total. The molecule has 0 aromatic rings. The zero-order chi connectivity index (χ0) is 87.9. The number of carbonyl (C=O) groups excluding carboxylic acids is 3. The second kappa shape index (κ2) is 94.6. The molecule has 121 heavy (non-hydrogen) atoms. The number of rotatable bonds is 93. The van der Waals surface area contributed by atoms with E-state index in [0.29, 0.717) is 19.3 Å². The molecule has 0 saturated carbocycles. The minimum Gasteiger partial charge on any atom is -0.463 e. The number of hydrogen-bond acceptors (Lipinski definition) is 14. The second-order valence-corrected chi connectivity index (χ2v) is 35.7. The first-order valence-corrected chi connectivity index (χ1v) is 52.1. The Bertz CT molecular complexity index is 2780. The van der Waals surface area contributed by atoms with Gasteiger partial charge in [0.2, 0.25) is 0 Å². The number of allylic oxidation sites excluding steroid dienone is 24. The van der Waals surface area contributed by atoms with Crippen LogP contribution in [0.3, 0.4) is 0 Å². The fourth-order valence-electron chi connectivity index (χ4n) is 13.6. The molecule has 0 bridgehead atoms. The number of aliphatic hydroxyl groups excluding tert-OH is 2. The van der Waals surface area contributed by atoms with Crippen molar-refractivity contribution >= 4 is 33.6 Å². The smallest absolute Gasteiger partial charge is 0.463 e. The molecule has 0 aliphatic carbocycles. The first kappa shape index (κ1) is 116. The third-order valence-corrected chi connectivity index (χ3v) is 22.9. The molecule has 5 atom stereocenters. The van der Waals surface area contributed by atoms with Gasteiger partial charge in [0.05, 0.1) is 26.4 Å². The molecule has 0 aliphatic heterocycles. The van der Waals surface area contributed by atoms with E-state index in [4.69, 9.17) is 32.3 Å². The molecule has 0 amide bonds. The van der Waals surface area contributed by atoms with E-state index in [1.807, 2.05) is 0 Å². The molecular formula is C103H180O16P2. The molecule has 0 radical (unpaired) electrons. The first-order chi connectivity index (χ1) is 59.2. The molecule has 0 fully saturated rings. The Morgan fingerprint density at radius 3 is 0.694 bits per heavy atom. The Labute approximate surface area is 740 Å². The number of carbonyl (C=O) groups is 3. The van der Waals surface area contributed by atoms with Crippen molar-refractivity contribution < 1.29 is 75.8 Å². The minimum absolute atomic E-state index is 0.0757. The van der Waals surface area contributed by atoms with Crippen LogP contribution in [-0.2, 0) is 55.8 Å². The number of phosphoric acid groups is 2. The number of aliphatic hydroxyl groups is 2. The fraction of sp³-hybridized carbons (Fsp3) is 0.738. The predicted molar refractivity (Wildman–Crippen MR) is 509 cm³/mol. The highest BCUT2D eigenvalue weighted by atomic mass is 31.2. The van der Waals surface area contributed by atoms with Crippen LogP contribution in [0.4, 0.5) is 0 Å². The summed E-state index contributed by atoms with van der Waals surface area (Å²) < 4.78 is 61.5. The topological polar surface area (TPSA) is 231 Å². The van der Waals surface area contributed by atoms with Gasteiger partial charge in [-0.15, -0.1) is 0 Å². The summed E-state index contributed by atoms with van der Waals surface area (Å²) in [6, 6.07) is 0. The largest absolute Gasteiger partial charge is 0.472 e. The summed E-state index contributed by atoms with van der Waals surface area (Å²) in [6.07, 6.45) is 121. The summed E-state index contributed by atoms with van der Waals surface area (Å²) in [4.78, 5) is 59.0. The van der Waals surface area contributed by atoms with E-state index in [1.165, 1.54) is 244 Å². The average Bonchev–Trinajstić information content (AvgIpc) is 0.892. The summed E-state index contributed by atoms with van der Waals surface area (Å²) in [5, 5.41) is 20.7. The van der Waals surface area contributed by atoms with Crippen LogP contribution in [0.15, 0.2) is 146 Å². The Morgan fingerprint density at radius 2 is 0.438 bits per heavy atom. The van der Waals surface area contributed by atoms with Gasteiger partial charge in [-0.2, -0.15) is 0 Å². The summed E-state index contributed by atoms with van der Waals surface area (Å²) in [7, 11) is -9.81. The molecule has 0 heterocycles. The lowest BCUT2D eigenvalue weighted by Crippen LogP contribution is -2.30. The SMILES string of the molecule is CC/C=C\C/C=C\C/C=C\C/C=C\CCCCCCC(=O)OC(COC(=O)CCCCCCCCCCCCCCCCCCC/C=C\C/C=C\C/C=C\C/C=C\CCCCC)COP(=O)(O)OCC(O)COP(=O)(O)OCC(O)COC(=O)CCCCCCCCCCCCCCCCCCCCC/C=C\C/C=C\C/C=C\C/C=C\CCCCC. The van der Waals surface area contributed by atoms with Gasteiger partial charge in [-0.3, -0.25) is 32.5 Å². The van der Waals surface area contributed by atoms with Crippen molar-refractivity contribution in [2.24, 2.45) is 0 Å². The van der Waals surface area contributed by atoms with Gasteiger partial charge >= 0.3 is 33.6 Å². The van der Waals surface area contributed by atoms with Crippen LogP contribution in [0.25, 0.3) is 0 Å². The molecular weight excluding hydrogens is 1560 g/mol. The van der Waals surface area contributed by atoms with Crippen LogP contribution in [0.2, 0.25) is 0 Å². The summed E-state index contributed by atoms with van der Waals surface area (Å²) in [6.45, 7) is 2.55. The number of hydrogen-bond donors (Lipinski definition) is 4. The summed E-state index contributed by atoms with van der Waals surface area (Å²) in [5.74, 6) is -1.59. The van der Waals surface area contributed by atoms with Crippen LogP contribution >= 0.6 is 15.6 Å². The molecule has 0 rings (SSSR count). The monoisotopic (exact) mass is 1740 g/mol.